The average Bonchev–Trinajstić information content (AvgIpc) is 3.05. The van der Waals surface area contributed by atoms with E-state index in [4.69, 9.17) is 10.2 Å². The van der Waals surface area contributed by atoms with E-state index in [-0.39, 0.29) is 5.91 Å². The number of hydrogen-bond donors (Lipinski definition) is 1. The minimum absolute atomic E-state index is 0.297. The summed E-state index contributed by atoms with van der Waals surface area (Å²) in [6, 6.07) is 13.2. The molecule has 0 saturated carbocycles. The van der Waals surface area contributed by atoms with Crippen molar-refractivity contribution in [2.45, 2.75) is 20.3 Å². The first kappa shape index (κ1) is 17.3. The molecule has 1 amide bonds. The lowest BCUT2D eigenvalue weighted by Crippen LogP contribution is -2.37. The third-order valence-electron chi connectivity index (χ3n) is 5.42. The number of amides is 1. The highest BCUT2D eigenvalue weighted by Crippen LogP contribution is 2.34. The zero-order chi connectivity index (χ0) is 19.2. The zero-order valence-electron chi connectivity index (χ0n) is 15.4. The summed E-state index contributed by atoms with van der Waals surface area (Å²) >= 11 is 0. The molecule has 27 heavy (non-hydrogen) atoms. The molecule has 3 aromatic rings. The number of benzene rings is 1. The standard InChI is InChI=1S/C21H21N3O3/c1-13-5-3-4-6-14(13)16-11-18(25)27-19-15(16)7-8-17(23-19)24-10-9-21(2,12-24)20(22)26/h3-8,11H,9-10,12H2,1-2H3,(H2,22,26). The van der Waals surface area contributed by atoms with E-state index < -0.39 is 11.0 Å². The molecule has 1 fully saturated rings. The van der Waals surface area contributed by atoms with E-state index in [2.05, 4.69) is 4.98 Å². The van der Waals surface area contributed by atoms with Gasteiger partial charge in [-0.25, -0.2) is 4.79 Å². The van der Waals surface area contributed by atoms with Gasteiger partial charge in [0.2, 0.25) is 11.6 Å². The van der Waals surface area contributed by atoms with Crippen molar-refractivity contribution in [3.05, 3.63) is 58.4 Å². The molecule has 1 aromatic carbocycles. The highest BCUT2D eigenvalue weighted by atomic mass is 16.4. The van der Waals surface area contributed by atoms with Crippen molar-refractivity contribution >= 4 is 22.8 Å². The zero-order valence-corrected chi connectivity index (χ0v) is 15.4. The van der Waals surface area contributed by atoms with Crippen molar-refractivity contribution in [2.24, 2.45) is 11.1 Å². The predicted octanol–water partition coefficient (Wildman–Crippen LogP) is 2.87. The molecule has 1 aliphatic heterocycles. The quantitative estimate of drug-likeness (QED) is 0.773. The summed E-state index contributed by atoms with van der Waals surface area (Å²) in [4.78, 5) is 30.4. The predicted molar refractivity (Wildman–Crippen MR) is 105 cm³/mol. The third kappa shape index (κ3) is 2.97. The number of anilines is 1. The first-order valence-corrected chi connectivity index (χ1v) is 8.93. The summed E-state index contributed by atoms with van der Waals surface area (Å²) in [6.07, 6.45) is 0.676. The maximum absolute atomic E-state index is 12.1. The Balaban J connectivity index is 1.80. The van der Waals surface area contributed by atoms with Gasteiger partial charge in [-0.15, -0.1) is 0 Å². The highest BCUT2D eigenvalue weighted by Gasteiger charge is 2.39. The van der Waals surface area contributed by atoms with Crippen LogP contribution in [-0.2, 0) is 4.79 Å². The van der Waals surface area contributed by atoms with Crippen LogP contribution in [0.2, 0.25) is 0 Å². The minimum Gasteiger partial charge on any atom is -0.404 e. The maximum Gasteiger partial charge on any atom is 0.338 e. The topological polar surface area (TPSA) is 89.4 Å². The Kier molecular flexibility index (Phi) is 3.98. The number of nitrogens with two attached hydrogens (primary N) is 1. The van der Waals surface area contributed by atoms with Crippen molar-refractivity contribution in [3.8, 4) is 11.1 Å². The Morgan fingerprint density at radius 3 is 2.70 bits per heavy atom. The van der Waals surface area contributed by atoms with Crippen molar-refractivity contribution in [2.75, 3.05) is 18.0 Å². The normalized spacial score (nSPS) is 19.6. The smallest absolute Gasteiger partial charge is 0.338 e. The first-order valence-electron chi connectivity index (χ1n) is 8.93. The lowest BCUT2D eigenvalue weighted by molar-refractivity contribution is -0.125. The number of rotatable bonds is 3. The summed E-state index contributed by atoms with van der Waals surface area (Å²) in [5.41, 5.74) is 7.69. The van der Waals surface area contributed by atoms with Crippen molar-refractivity contribution in [1.29, 1.82) is 0 Å². The second kappa shape index (κ2) is 6.23. The average molecular weight is 363 g/mol. The molecule has 0 bridgehead atoms. The molecule has 1 saturated heterocycles. The van der Waals surface area contributed by atoms with Crippen LogP contribution in [0.1, 0.15) is 18.9 Å². The van der Waals surface area contributed by atoms with E-state index >= 15 is 0 Å². The number of fused-ring (bicyclic) bond motifs is 1. The Bertz CT molecular complexity index is 1110. The van der Waals surface area contributed by atoms with Crippen LogP contribution in [0.5, 0.6) is 0 Å². The molecule has 6 heteroatoms. The van der Waals surface area contributed by atoms with Gasteiger partial charge in [-0.3, -0.25) is 4.79 Å². The van der Waals surface area contributed by atoms with E-state index in [0.717, 1.165) is 22.1 Å². The van der Waals surface area contributed by atoms with Crippen molar-refractivity contribution in [1.82, 2.24) is 4.98 Å². The van der Waals surface area contributed by atoms with E-state index in [0.29, 0.717) is 31.0 Å². The van der Waals surface area contributed by atoms with Crippen LogP contribution in [0.15, 0.2) is 51.7 Å². The fraction of sp³-hybridized carbons (Fsp3) is 0.286. The number of primary amides is 1. The lowest BCUT2D eigenvalue weighted by Gasteiger charge is -2.21. The number of carbonyl (C=O) groups is 1. The second-order valence-corrected chi connectivity index (χ2v) is 7.41. The lowest BCUT2D eigenvalue weighted by atomic mass is 9.89. The van der Waals surface area contributed by atoms with Gasteiger partial charge in [0.1, 0.15) is 5.82 Å². The summed E-state index contributed by atoms with van der Waals surface area (Å²) in [5.74, 6) is 0.372. The molecule has 0 aliphatic carbocycles. The number of aryl methyl sites for hydroxylation is 1. The van der Waals surface area contributed by atoms with E-state index in [1.54, 1.807) is 0 Å². The molecule has 2 aromatic heterocycles. The Hall–Kier alpha value is -3.15. The van der Waals surface area contributed by atoms with Crippen LogP contribution in [0, 0.1) is 12.3 Å². The number of pyridine rings is 1. The Morgan fingerprint density at radius 2 is 2.00 bits per heavy atom. The van der Waals surface area contributed by atoms with E-state index in [1.165, 1.54) is 6.07 Å². The number of aromatic nitrogens is 1. The molecular weight excluding hydrogens is 342 g/mol. The third-order valence-corrected chi connectivity index (χ3v) is 5.42. The van der Waals surface area contributed by atoms with Gasteiger partial charge in [0.25, 0.3) is 0 Å². The molecule has 0 radical (unpaired) electrons. The molecule has 138 valence electrons. The largest absolute Gasteiger partial charge is 0.404 e. The molecule has 2 N–H and O–H groups in total. The van der Waals surface area contributed by atoms with Crippen LogP contribution in [0.3, 0.4) is 0 Å². The van der Waals surface area contributed by atoms with Gasteiger partial charge >= 0.3 is 5.63 Å². The van der Waals surface area contributed by atoms with Crippen LogP contribution in [0.25, 0.3) is 22.2 Å². The fourth-order valence-corrected chi connectivity index (χ4v) is 3.67. The van der Waals surface area contributed by atoms with Gasteiger partial charge in [0.05, 0.1) is 5.41 Å². The van der Waals surface area contributed by atoms with Gasteiger partial charge in [0, 0.05) is 30.1 Å². The van der Waals surface area contributed by atoms with Crippen LogP contribution in [-0.4, -0.2) is 24.0 Å². The second-order valence-electron chi connectivity index (χ2n) is 7.41. The summed E-state index contributed by atoms with van der Waals surface area (Å²) < 4.78 is 5.38. The first-order chi connectivity index (χ1) is 12.9. The van der Waals surface area contributed by atoms with Gasteiger partial charge in [-0.05, 0) is 43.5 Å². The summed E-state index contributed by atoms with van der Waals surface area (Å²) in [6.45, 7) is 5.06. The Morgan fingerprint density at radius 1 is 1.22 bits per heavy atom. The number of hydrogen-bond acceptors (Lipinski definition) is 5. The van der Waals surface area contributed by atoms with Gasteiger partial charge < -0.3 is 15.1 Å². The molecular formula is C21H21N3O3. The molecule has 6 nitrogen and oxygen atoms in total. The molecule has 3 heterocycles. The van der Waals surface area contributed by atoms with Crippen molar-refractivity contribution < 1.29 is 9.21 Å². The van der Waals surface area contributed by atoms with Crippen LogP contribution < -0.4 is 16.3 Å². The Labute approximate surface area is 156 Å². The summed E-state index contributed by atoms with van der Waals surface area (Å²) in [7, 11) is 0. The van der Waals surface area contributed by atoms with E-state index in [9.17, 15) is 9.59 Å². The fourth-order valence-electron chi connectivity index (χ4n) is 3.67. The molecule has 4 rings (SSSR count). The van der Waals surface area contributed by atoms with Crippen LogP contribution >= 0.6 is 0 Å². The van der Waals surface area contributed by atoms with E-state index in [1.807, 2.05) is 55.1 Å². The molecule has 1 aliphatic rings. The summed E-state index contributed by atoms with van der Waals surface area (Å²) in [5, 5.41) is 0.782. The molecule has 0 spiro atoms. The van der Waals surface area contributed by atoms with Gasteiger partial charge in [-0.1, -0.05) is 24.3 Å². The van der Waals surface area contributed by atoms with Crippen LogP contribution in [0.4, 0.5) is 5.82 Å². The highest BCUT2D eigenvalue weighted by molar-refractivity contribution is 5.93. The number of nitrogens with zero attached hydrogens (tertiary/aromatic N) is 2. The van der Waals surface area contributed by atoms with Crippen molar-refractivity contribution in [3.63, 3.8) is 0 Å². The van der Waals surface area contributed by atoms with Gasteiger partial charge in [-0.2, -0.15) is 4.98 Å². The molecule has 1 atom stereocenters. The number of carbonyl (C=O) groups excluding carboxylic acids is 1. The van der Waals surface area contributed by atoms with Gasteiger partial charge in [0.15, 0.2) is 0 Å². The molecule has 1 unspecified atom stereocenters. The SMILES string of the molecule is Cc1ccccc1-c1cc(=O)oc2nc(N3CCC(C)(C(N)=O)C3)ccc12. The maximum atomic E-state index is 12.1. The minimum atomic E-state index is -0.569. The monoisotopic (exact) mass is 363 g/mol.